The Bertz CT molecular complexity index is 1340. The zero-order chi connectivity index (χ0) is 24.8. The van der Waals surface area contributed by atoms with Crippen molar-refractivity contribution in [1.29, 1.82) is 0 Å². The predicted molar refractivity (Wildman–Crippen MR) is 146 cm³/mol. The molecule has 7 heteroatoms. The summed E-state index contributed by atoms with van der Waals surface area (Å²) in [5, 5.41) is 6.12. The average Bonchev–Trinajstić information content (AvgIpc) is 2.84. The number of amides is 2. The lowest BCUT2D eigenvalue weighted by Crippen LogP contribution is -2.19. The molecule has 0 aliphatic rings. The van der Waals surface area contributed by atoms with Crippen LogP contribution in [0, 0.1) is 6.92 Å². The third-order valence-corrected chi connectivity index (χ3v) is 6.98. The van der Waals surface area contributed by atoms with Gasteiger partial charge >= 0.3 is 0 Å². The van der Waals surface area contributed by atoms with Crippen molar-refractivity contribution in [2.75, 3.05) is 10.6 Å². The van der Waals surface area contributed by atoms with E-state index in [4.69, 9.17) is 23.2 Å². The summed E-state index contributed by atoms with van der Waals surface area (Å²) in [4.78, 5) is 26.8. The fourth-order valence-electron chi connectivity index (χ4n) is 3.40. The molecule has 4 rings (SSSR count). The Hall–Kier alpha value is -3.25. The minimum atomic E-state index is -0.492. The van der Waals surface area contributed by atoms with Crippen molar-refractivity contribution in [3.05, 3.63) is 124 Å². The van der Waals surface area contributed by atoms with Crippen molar-refractivity contribution < 1.29 is 9.59 Å². The Morgan fingerprint density at radius 3 is 2.23 bits per heavy atom. The molecule has 0 spiro atoms. The lowest BCUT2D eigenvalue weighted by atomic mass is 10.1. The molecule has 2 N–H and O–H groups in total. The fourth-order valence-corrected chi connectivity index (χ4v) is 4.98. The van der Waals surface area contributed by atoms with Gasteiger partial charge in [-0.3, -0.25) is 9.59 Å². The van der Waals surface area contributed by atoms with Gasteiger partial charge in [0.05, 0.1) is 10.6 Å². The molecule has 0 aliphatic heterocycles. The Labute approximate surface area is 218 Å². The Morgan fingerprint density at radius 1 is 0.771 bits per heavy atom. The third kappa shape index (κ3) is 6.67. The molecule has 2 amide bonds. The molecule has 1 unspecified atom stereocenters. The summed E-state index contributed by atoms with van der Waals surface area (Å²) < 4.78 is 0. The summed E-state index contributed by atoms with van der Waals surface area (Å²) in [6.45, 7) is 2.00. The van der Waals surface area contributed by atoms with Crippen LogP contribution in [-0.4, -0.2) is 11.8 Å². The maximum absolute atomic E-state index is 13.3. The zero-order valence-electron chi connectivity index (χ0n) is 18.8. The van der Waals surface area contributed by atoms with Gasteiger partial charge in [-0.15, -0.1) is 11.8 Å². The van der Waals surface area contributed by atoms with Crippen molar-refractivity contribution in [3.63, 3.8) is 0 Å². The monoisotopic (exact) mass is 520 g/mol. The highest BCUT2D eigenvalue weighted by atomic mass is 35.5. The number of anilines is 2. The van der Waals surface area contributed by atoms with E-state index in [0.29, 0.717) is 16.3 Å². The quantitative estimate of drug-likeness (QED) is 0.242. The summed E-state index contributed by atoms with van der Waals surface area (Å²) in [7, 11) is 0. The number of halogens is 2. The second kappa shape index (κ2) is 11.5. The normalized spacial score (nSPS) is 11.5. The first-order valence-corrected chi connectivity index (χ1v) is 12.5. The van der Waals surface area contributed by atoms with E-state index in [-0.39, 0.29) is 16.8 Å². The molecule has 0 fully saturated rings. The van der Waals surface area contributed by atoms with Crippen molar-refractivity contribution >= 4 is 58.2 Å². The van der Waals surface area contributed by atoms with Gasteiger partial charge in [-0.2, -0.15) is 0 Å². The lowest BCUT2D eigenvalue weighted by molar-refractivity contribution is -0.115. The number of aryl methyl sites for hydroxylation is 1. The molecule has 176 valence electrons. The van der Waals surface area contributed by atoms with Crippen LogP contribution in [0.25, 0.3) is 0 Å². The van der Waals surface area contributed by atoms with Gasteiger partial charge in [0.25, 0.3) is 5.91 Å². The number of hydrogen-bond donors (Lipinski definition) is 2. The smallest absolute Gasteiger partial charge is 0.257 e. The van der Waals surface area contributed by atoms with Crippen molar-refractivity contribution in [2.24, 2.45) is 0 Å². The van der Waals surface area contributed by atoms with E-state index >= 15 is 0 Å². The first kappa shape index (κ1) is 24.9. The maximum Gasteiger partial charge on any atom is 0.257 e. The SMILES string of the molecule is Cc1ccc(NC(=O)C(Sc2cccc(NC(=O)c3ccc(Cl)cc3Cl)c2)c2ccccc2)cc1. The largest absolute Gasteiger partial charge is 0.325 e. The summed E-state index contributed by atoms with van der Waals surface area (Å²) in [6.07, 6.45) is 0. The van der Waals surface area contributed by atoms with E-state index in [1.165, 1.54) is 17.8 Å². The lowest BCUT2D eigenvalue weighted by Gasteiger charge is -2.18. The molecule has 0 heterocycles. The molecular formula is C28H22Cl2N2O2S. The fraction of sp³-hybridized carbons (Fsp3) is 0.0714. The number of hydrogen-bond acceptors (Lipinski definition) is 3. The maximum atomic E-state index is 13.3. The van der Waals surface area contributed by atoms with Crippen molar-refractivity contribution in [1.82, 2.24) is 0 Å². The predicted octanol–water partition coefficient (Wildman–Crippen LogP) is 8.03. The molecule has 0 saturated heterocycles. The number of thioether (sulfide) groups is 1. The van der Waals surface area contributed by atoms with E-state index in [1.54, 1.807) is 18.2 Å². The number of carbonyl (C=O) groups excluding carboxylic acids is 2. The highest BCUT2D eigenvalue weighted by molar-refractivity contribution is 8.00. The summed E-state index contributed by atoms with van der Waals surface area (Å²) in [5.74, 6) is -0.474. The number of rotatable bonds is 7. The first-order valence-electron chi connectivity index (χ1n) is 10.8. The van der Waals surface area contributed by atoms with Crippen LogP contribution in [0.15, 0.2) is 102 Å². The van der Waals surface area contributed by atoms with Crippen LogP contribution < -0.4 is 10.6 Å². The number of nitrogens with one attached hydrogen (secondary N) is 2. The molecule has 4 nitrogen and oxygen atoms in total. The molecule has 4 aromatic rings. The van der Waals surface area contributed by atoms with E-state index in [0.717, 1.165) is 21.7 Å². The molecule has 1 atom stereocenters. The van der Waals surface area contributed by atoms with E-state index in [9.17, 15) is 9.59 Å². The van der Waals surface area contributed by atoms with Crippen molar-refractivity contribution in [2.45, 2.75) is 17.1 Å². The minimum absolute atomic E-state index is 0.132. The Balaban J connectivity index is 1.54. The molecule has 0 aliphatic carbocycles. The third-order valence-electron chi connectivity index (χ3n) is 5.18. The molecule has 0 bridgehead atoms. The Morgan fingerprint density at radius 2 is 1.51 bits per heavy atom. The van der Waals surface area contributed by atoms with E-state index in [2.05, 4.69) is 10.6 Å². The van der Waals surface area contributed by atoms with Gasteiger partial charge < -0.3 is 10.6 Å². The molecular weight excluding hydrogens is 499 g/mol. The standard InChI is InChI=1S/C28H22Cl2N2O2S/c1-18-10-13-21(14-11-18)31-28(34)26(19-6-3-2-4-7-19)35-23-9-5-8-22(17-23)32-27(33)24-15-12-20(29)16-25(24)30/h2-17,26H,1H3,(H,31,34)(H,32,33). The van der Waals surface area contributed by atoms with E-state index in [1.807, 2.05) is 79.7 Å². The van der Waals surface area contributed by atoms with Crippen LogP contribution in [-0.2, 0) is 4.79 Å². The molecule has 0 radical (unpaired) electrons. The highest BCUT2D eigenvalue weighted by Crippen LogP contribution is 2.37. The van der Waals surface area contributed by atoms with Crippen LogP contribution in [0.3, 0.4) is 0 Å². The van der Waals surface area contributed by atoms with Crippen molar-refractivity contribution in [3.8, 4) is 0 Å². The summed E-state index contributed by atoms with van der Waals surface area (Å²) in [6, 6.07) is 29.4. The minimum Gasteiger partial charge on any atom is -0.325 e. The van der Waals surface area contributed by atoms with Gasteiger partial charge in [0.15, 0.2) is 0 Å². The number of carbonyl (C=O) groups is 2. The van der Waals surface area contributed by atoms with Crippen LogP contribution in [0.5, 0.6) is 0 Å². The number of benzene rings is 4. The zero-order valence-corrected chi connectivity index (χ0v) is 21.1. The average molecular weight is 521 g/mol. The first-order chi connectivity index (χ1) is 16.9. The van der Waals surface area contributed by atoms with Crippen LogP contribution in [0.2, 0.25) is 10.0 Å². The second-order valence-electron chi connectivity index (χ2n) is 7.87. The van der Waals surface area contributed by atoms with Crippen LogP contribution in [0.4, 0.5) is 11.4 Å². The second-order valence-corrected chi connectivity index (χ2v) is 9.89. The van der Waals surface area contributed by atoms with Gasteiger partial charge in [0.2, 0.25) is 5.91 Å². The van der Waals surface area contributed by atoms with Crippen LogP contribution >= 0.6 is 35.0 Å². The highest BCUT2D eigenvalue weighted by Gasteiger charge is 2.22. The molecule has 35 heavy (non-hydrogen) atoms. The summed E-state index contributed by atoms with van der Waals surface area (Å²) in [5.41, 5.74) is 3.66. The van der Waals surface area contributed by atoms with Gasteiger partial charge in [0, 0.05) is 21.3 Å². The Kier molecular flexibility index (Phi) is 8.13. The van der Waals surface area contributed by atoms with E-state index < -0.39 is 5.25 Å². The van der Waals surface area contributed by atoms with Gasteiger partial charge in [0.1, 0.15) is 5.25 Å². The van der Waals surface area contributed by atoms with Crippen LogP contribution in [0.1, 0.15) is 26.7 Å². The summed E-state index contributed by atoms with van der Waals surface area (Å²) >= 11 is 13.5. The van der Waals surface area contributed by atoms with Gasteiger partial charge in [-0.25, -0.2) is 0 Å². The topological polar surface area (TPSA) is 58.2 Å². The molecule has 0 saturated carbocycles. The molecule has 4 aromatic carbocycles. The van der Waals surface area contributed by atoms with Gasteiger partial charge in [-0.1, -0.05) is 77.3 Å². The molecule has 0 aromatic heterocycles. The van der Waals surface area contributed by atoms with Gasteiger partial charge in [-0.05, 0) is 61.0 Å².